The summed E-state index contributed by atoms with van der Waals surface area (Å²) in [5.74, 6) is 3.47. The van der Waals surface area contributed by atoms with Crippen LogP contribution in [0.4, 0.5) is 11.6 Å². The van der Waals surface area contributed by atoms with Gasteiger partial charge in [0.2, 0.25) is 0 Å². The molecule has 0 radical (unpaired) electrons. The second-order valence-corrected chi connectivity index (χ2v) is 4.88. The number of nitrogens with zero attached hydrogens (tertiary/aromatic N) is 3. The highest BCUT2D eigenvalue weighted by molar-refractivity contribution is 7.80. The summed E-state index contributed by atoms with van der Waals surface area (Å²) in [7, 11) is 2.08. The van der Waals surface area contributed by atoms with Gasteiger partial charge in [0.1, 0.15) is 17.5 Å². The van der Waals surface area contributed by atoms with Gasteiger partial charge in [0.15, 0.2) is 0 Å². The largest absolute Gasteiger partial charge is 0.369 e. The van der Waals surface area contributed by atoms with E-state index in [1.807, 2.05) is 13.0 Å². The Hall–Kier alpha value is -0.970. The van der Waals surface area contributed by atoms with Crippen molar-refractivity contribution < 1.29 is 0 Å². The number of thiol groups is 1. The number of hydrogen-bond acceptors (Lipinski definition) is 5. The van der Waals surface area contributed by atoms with E-state index < -0.39 is 0 Å². The van der Waals surface area contributed by atoms with Gasteiger partial charge < -0.3 is 10.2 Å². The Morgan fingerprint density at radius 1 is 1.33 bits per heavy atom. The predicted octanol–water partition coefficient (Wildman–Crippen LogP) is 2.75. The van der Waals surface area contributed by atoms with E-state index in [-0.39, 0.29) is 0 Å². The first-order valence-corrected chi connectivity index (χ1v) is 7.22. The van der Waals surface area contributed by atoms with E-state index in [1.165, 1.54) is 19.3 Å². The van der Waals surface area contributed by atoms with Gasteiger partial charge in [-0.15, -0.1) is 0 Å². The first kappa shape index (κ1) is 15.1. The molecule has 0 bridgehead atoms. The molecule has 0 unspecified atom stereocenters. The molecule has 1 aromatic rings. The van der Waals surface area contributed by atoms with Gasteiger partial charge in [0, 0.05) is 32.0 Å². The van der Waals surface area contributed by atoms with Crippen LogP contribution in [-0.2, 0) is 0 Å². The van der Waals surface area contributed by atoms with Crippen molar-refractivity contribution >= 4 is 24.3 Å². The average Bonchev–Trinajstić information content (AvgIpc) is 2.36. The summed E-state index contributed by atoms with van der Waals surface area (Å²) in [5, 5.41) is 3.24. The van der Waals surface area contributed by atoms with Crippen LogP contribution in [0.3, 0.4) is 0 Å². The summed E-state index contributed by atoms with van der Waals surface area (Å²) in [6.45, 7) is 6.00. The summed E-state index contributed by atoms with van der Waals surface area (Å²) >= 11 is 4.18. The molecule has 0 aliphatic rings. The molecule has 1 rings (SSSR count). The molecule has 0 atom stereocenters. The van der Waals surface area contributed by atoms with Crippen molar-refractivity contribution in [3.05, 3.63) is 11.9 Å². The fourth-order valence-electron chi connectivity index (χ4n) is 1.74. The van der Waals surface area contributed by atoms with E-state index in [1.54, 1.807) is 0 Å². The molecule has 0 saturated heterocycles. The van der Waals surface area contributed by atoms with Crippen molar-refractivity contribution in [1.82, 2.24) is 9.97 Å². The normalized spacial score (nSPS) is 10.4. The van der Waals surface area contributed by atoms with Crippen LogP contribution in [0.15, 0.2) is 6.07 Å². The van der Waals surface area contributed by atoms with E-state index in [0.717, 1.165) is 36.3 Å². The lowest BCUT2D eigenvalue weighted by atomic mass is 10.2. The number of nitrogens with one attached hydrogen (secondary N) is 1. The minimum absolute atomic E-state index is 0.796. The summed E-state index contributed by atoms with van der Waals surface area (Å²) in [5.41, 5.74) is 0. The number of anilines is 2. The second-order valence-electron chi connectivity index (χ2n) is 4.44. The van der Waals surface area contributed by atoms with Gasteiger partial charge in [-0.3, -0.25) is 0 Å². The quantitative estimate of drug-likeness (QED) is 0.562. The van der Waals surface area contributed by atoms with E-state index in [0.29, 0.717) is 0 Å². The summed E-state index contributed by atoms with van der Waals surface area (Å²) < 4.78 is 0. The first-order valence-electron chi connectivity index (χ1n) is 6.59. The number of aryl methyl sites for hydroxylation is 1. The van der Waals surface area contributed by atoms with Crippen molar-refractivity contribution in [2.24, 2.45) is 0 Å². The van der Waals surface area contributed by atoms with Crippen molar-refractivity contribution in [2.45, 2.75) is 33.1 Å². The van der Waals surface area contributed by atoms with Crippen LogP contribution < -0.4 is 10.2 Å². The molecule has 18 heavy (non-hydrogen) atoms. The van der Waals surface area contributed by atoms with Gasteiger partial charge in [0.25, 0.3) is 0 Å². The Balaban J connectivity index is 2.65. The van der Waals surface area contributed by atoms with Crippen molar-refractivity contribution in [3.63, 3.8) is 0 Å². The zero-order valence-corrected chi connectivity index (χ0v) is 12.5. The molecule has 0 saturated carbocycles. The smallest absolute Gasteiger partial charge is 0.134 e. The van der Waals surface area contributed by atoms with E-state index in [4.69, 9.17) is 0 Å². The Kier molecular flexibility index (Phi) is 6.86. The van der Waals surface area contributed by atoms with Crippen molar-refractivity contribution in [1.29, 1.82) is 0 Å². The highest BCUT2D eigenvalue weighted by Crippen LogP contribution is 2.15. The van der Waals surface area contributed by atoms with Gasteiger partial charge in [-0.25, -0.2) is 9.97 Å². The maximum Gasteiger partial charge on any atom is 0.134 e. The minimum Gasteiger partial charge on any atom is -0.369 e. The molecule has 1 aromatic heterocycles. The van der Waals surface area contributed by atoms with Crippen LogP contribution in [0.25, 0.3) is 0 Å². The molecule has 1 N–H and O–H groups in total. The third-order valence-corrected chi connectivity index (χ3v) is 2.95. The average molecular weight is 268 g/mol. The lowest BCUT2D eigenvalue weighted by Gasteiger charge is -2.19. The number of hydrogen-bond donors (Lipinski definition) is 2. The fraction of sp³-hybridized carbons (Fsp3) is 0.692. The highest BCUT2D eigenvalue weighted by Gasteiger charge is 2.06. The molecule has 5 heteroatoms. The molecule has 0 aromatic carbocycles. The van der Waals surface area contributed by atoms with Crippen LogP contribution in [0.2, 0.25) is 0 Å². The maximum absolute atomic E-state index is 4.48. The van der Waals surface area contributed by atoms with Gasteiger partial charge in [-0.05, 0) is 13.3 Å². The first-order chi connectivity index (χ1) is 8.67. The Morgan fingerprint density at radius 3 is 2.78 bits per heavy atom. The predicted molar refractivity (Wildman–Crippen MR) is 81.9 cm³/mol. The Morgan fingerprint density at radius 2 is 2.11 bits per heavy atom. The van der Waals surface area contributed by atoms with E-state index in [9.17, 15) is 0 Å². The molecule has 0 aliphatic heterocycles. The summed E-state index contributed by atoms with van der Waals surface area (Å²) in [6.07, 6.45) is 3.71. The zero-order chi connectivity index (χ0) is 13.4. The van der Waals surface area contributed by atoms with E-state index >= 15 is 0 Å². The minimum atomic E-state index is 0.796. The molecule has 0 aliphatic carbocycles. The molecule has 0 fully saturated rings. The highest BCUT2D eigenvalue weighted by atomic mass is 32.1. The molecular formula is C13H24N4S. The van der Waals surface area contributed by atoms with Crippen LogP contribution in [0, 0.1) is 6.92 Å². The Bertz CT molecular complexity index is 357. The van der Waals surface area contributed by atoms with E-state index in [2.05, 4.69) is 46.8 Å². The molecule has 1 heterocycles. The Labute approximate surface area is 116 Å². The van der Waals surface area contributed by atoms with Gasteiger partial charge in [-0.1, -0.05) is 19.8 Å². The second kappa shape index (κ2) is 8.19. The lowest BCUT2D eigenvalue weighted by molar-refractivity contribution is 0.700. The molecule has 0 amide bonds. The number of unbranched alkanes of at least 4 members (excludes halogenated alkanes) is 2. The monoisotopic (exact) mass is 268 g/mol. The van der Waals surface area contributed by atoms with Crippen LogP contribution in [-0.4, -0.2) is 35.9 Å². The van der Waals surface area contributed by atoms with Gasteiger partial charge in [-0.2, -0.15) is 12.6 Å². The number of aromatic nitrogens is 2. The fourth-order valence-corrected chi connectivity index (χ4v) is 1.85. The standard InChI is InChI=1S/C13H24N4S/c1-4-5-6-8-17(3)13-10-12(14-7-9-18)15-11(2)16-13/h10,18H,4-9H2,1-3H3,(H,14,15,16). The van der Waals surface area contributed by atoms with Crippen molar-refractivity contribution in [2.75, 3.05) is 36.1 Å². The summed E-state index contributed by atoms with van der Waals surface area (Å²) in [6, 6.07) is 2.00. The molecular weight excluding hydrogens is 244 g/mol. The van der Waals surface area contributed by atoms with Crippen LogP contribution >= 0.6 is 12.6 Å². The van der Waals surface area contributed by atoms with Crippen LogP contribution in [0.5, 0.6) is 0 Å². The number of rotatable bonds is 8. The zero-order valence-electron chi connectivity index (χ0n) is 11.6. The molecule has 0 spiro atoms. The third-order valence-electron chi connectivity index (χ3n) is 2.73. The van der Waals surface area contributed by atoms with Crippen molar-refractivity contribution in [3.8, 4) is 0 Å². The summed E-state index contributed by atoms with van der Waals surface area (Å²) in [4.78, 5) is 11.0. The van der Waals surface area contributed by atoms with Gasteiger partial charge >= 0.3 is 0 Å². The van der Waals surface area contributed by atoms with Crippen LogP contribution in [0.1, 0.15) is 32.0 Å². The lowest BCUT2D eigenvalue weighted by Crippen LogP contribution is -2.20. The maximum atomic E-state index is 4.48. The van der Waals surface area contributed by atoms with Gasteiger partial charge in [0.05, 0.1) is 0 Å². The topological polar surface area (TPSA) is 41.0 Å². The SMILES string of the molecule is CCCCCN(C)c1cc(NCCS)nc(C)n1. The third kappa shape index (κ3) is 5.12. The molecule has 4 nitrogen and oxygen atoms in total. The molecule has 102 valence electrons.